The number of nitrogens with two attached hydrogens (primary N) is 1. The molecule has 0 saturated heterocycles. The van der Waals surface area contributed by atoms with Crippen molar-refractivity contribution in [2.75, 3.05) is 12.4 Å². The van der Waals surface area contributed by atoms with Crippen LogP contribution in [0.3, 0.4) is 0 Å². The molecule has 20 heavy (non-hydrogen) atoms. The Morgan fingerprint density at radius 1 is 1.35 bits per heavy atom. The quantitative estimate of drug-likeness (QED) is 0.860. The molecule has 1 heterocycles. The molecule has 0 aliphatic heterocycles. The first-order valence-electron chi connectivity index (χ1n) is 5.80. The number of benzene rings is 1. The summed E-state index contributed by atoms with van der Waals surface area (Å²) in [4.78, 5) is 23.5. The second-order valence-corrected chi connectivity index (χ2v) is 4.05. The van der Waals surface area contributed by atoms with Gasteiger partial charge in [-0.15, -0.1) is 0 Å². The van der Waals surface area contributed by atoms with Gasteiger partial charge in [0.2, 0.25) is 0 Å². The molecule has 7 heteroatoms. The zero-order valence-electron chi connectivity index (χ0n) is 11.1. The van der Waals surface area contributed by atoms with Crippen LogP contribution in [0.1, 0.15) is 20.8 Å². The summed E-state index contributed by atoms with van der Waals surface area (Å²) in [6.07, 6.45) is 1.37. The van der Waals surface area contributed by atoms with Crippen molar-refractivity contribution in [3.8, 4) is 5.75 Å². The average Bonchev–Trinajstić information content (AvgIpc) is 2.79. The standard InChI is InChI=1S/C13H14N4O3/c1-17-11(12(14)18)9(7-15-17)16-13(19)8-5-3-4-6-10(8)20-2/h3-7H,1-2H3,(H2,14,18)(H,16,19). The maximum Gasteiger partial charge on any atom is 0.269 e. The second-order valence-electron chi connectivity index (χ2n) is 4.05. The number of ether oxygens (including phenoxy) is 1. The zero-order valence-corrected chi connectivity index (χ0v) is 11.1. The van der Waals surface area contributed by atoms with Crippen molar-refractivity contribution in [2.24, 2.45) is 12.8 Å². The van der Waals surface area contributed by atoms with Gasteiger partial charge in [0.25, 0.3) is 11.8 Å². The number of anilines is 1. The van der Waals surface area contributed by atoms with Crippen molar-refractivity contribution in [1.82, 2.24) is 9.78 Å². The predicted octanol–water partition coefficient (Wildman–Crippen LogP) is 0.780. The van der Waals surface area contributed by atoms with Crippen LogP contribution in [-0.2, 0) is 7.05 Å². The fourth-order valence-electron chi connectivity index (χ4n) is 1.84. The van der Waals surface area contributed by atoms with Crippen molar-refractivity contribution >= 4 is 17.5 Å². The Morgan fingerprint density at radius 3 is 2.70 bits per heavy atom. The third-order valence-corrected chi connectivity index (χ3v) is 2.77. The van der Waals surface area contributed by atoms with Crippen LogP contribution in [0.4, 0.5) is 5.69 Å². The fraction of sp³-hybridized carbons (Fsp3) is 0.154. The monoisotopic (exact) mass is 274 g/mol. The molecule has 0 unspecified atom stereocenters. The molecule has 0 aliphatic rings. The lowest BCUT2D eigenvalue weighted by Crippen LogP contribution is -2.20. The van der Waals surface area contributed by atoms with E-state index in [1.807, 2.05) is 0 Å². The number of amides is 2. The molecule has 0 saturated carbocycles. The molecule has 0 bridgehead atoms. The number of carbonyl (C=O) groups is 2. The van der Waals surface area contributed by atoms with Gasteiger partial charge in [-0.25, -0.2) is 0 Å². The largest absolute Gasteiger partial charge is 0.496 e. The van der Waals surface area contributed by atoms with E-state index in [0.717, 1.165) is 0 Å². The van der Waals surface area contributed by atoms with Crippen molar-refractivity contribution in [3.05, 3.63) is 41.7 Å². The highest BCUT2D eigenvalue weighted by Gasteiger charge is 2.18. The van der Waals surface area contributed by atoms with E-state index in [1.54, 1.807) is 31.3 Å². The summed E-state index contributed by atoms with van der Waals surface area (Å²) < 4.78 is 6.42. The zero-order chi connectivity index (χ0) is 14.7. The number of nitrogens with zero attached hydrogens (tertiary/aromatic N) is 2. The number of para-hydroxylation sites is 1. The Bertz CT molecular complexity index is 663. The highest BCUT2D eigenvalue weighted by Crippen LogP contribution is 2.20. The van der Waals surface area contributed by atoms with Gasteiger partial charge in [-0.1, -0.05) is 12.1 Å². The Morgan fingerprint density at radius 2 is 2.05 bits per heavy atom. The lowest BCUT2D eigenvalue weighted by molar-refractivity contribution is 0.0992. The number of nitrogens with one attached hydrogen (secondary N) is 1. The van der Waals surface area contributed by atoms with Gasteiger partial charge in [0.05, 0.1) is 24.6 Å². The molecule has 0 radical (unpaired) electrons. The molecule has 3 N–H and O–H groups in total. The summed E-state index contributed by atoms with van der Waals surface area (Å²) in [6, 6.07) is 6.77. The smallest absolute Gasteiger partial charge is 0.269 e. The average molecular weight is 274 g/mol. The normalized spacial score (nSPS) is 10.1. The molecule has 1 aromatic heterocycles. The highest BCUT2D eigenvalue weighted by atomic mass is 16.5. The van der Waals surface area contributed by atoms with E-state index < -0.39 is 11.8 Å². The van der Waals surface area contributed by atoms with Gasteiger partial charge in [0, 0.05) is 7.05 Å². The van der Waals surface area contributed by atoms with E-state index in [1.165, 1.54) is 18.0 Å². The van der Waals surface area contributed by atoms with Crippen LogP contribution >= 0.6 is 0 Å². The minimum atomic E-state index is -0.666. The molecule has 0 fully saturated rings. The number of methoxy groups -OCH3 is 1. The lowest BCUT2D eigenvalue weighted by Gasteiger charge is -2.08. The van der Waals surface area contributed by atoms with Gasteiger partial charge in [0.15, 0.2) is 0 Å². The maximum absolute atomic E-state index is 12.2. The molecule has 7 nitrogen and oxygen atoms in total. The molecular formula is C13H14N4O3. The first-order chi connectivity index (χ1) is 9.54. The molecule has 1 aromatic carbocycles. The van der Waals surface area contributed by atoms with Gasteiger partial charge in [-0.05, 0) is 12.1 Å². The number of aromatic nitrogens is 2. The highest BCUT2D eigenvalue weighted by molar-refractivity contribution is 6.09. The van der Waals surface area contributed by atoms with E-state index in [-0.39, 0.29) is 11.4 Å². The Labute approximate surface area is 115 Å². The SMILES string of the molecule is COc1ccccc1C(=O)Nc1cnn(C)c1C(N)=O. The molecule has 2 aromatic rings. The van der Waals surface area contributed by atoms with E-state index >= 15 is 0 Å². The van der Waals surface area contributed by atoms with E-state index in [0.29, 0.717) is 11.3 Å². The third kappa shape index (κ3) is 2.46. The Balaban J connectivity index is 2.31. The molecular weight excluding hydrogens is 260 g/mol. The van der Waals surface area contributed by atoms with Crippen LogP contribution in [0, 0.1) is 0 Å². The van der Waals surface area contributed by atoms with Gasteiger partial charge >= 0.3 is 0 Å². The maximum atomic E-state index is 12.2. The molecule has 0 atom stereocenters. The van der Waals surface area contributed by atoms with Gasteiger partial charge in [0.1, 0.15) is 11.4 Å². The van der Waals surface area contributed by atoms with Crippen molar-refractivity contribution in [2.45, 2.75) is 0 Å². The van der Waals surface area contributed by atoms with Crippen molar-refractivity contribution in [1.29, 1.82) is 0 Å². The minimum Gasteiger partial charge on any atom is -0.496 e. The lowest BCUT2D eigenvalue weighted by atomic mass is 10.2. The minimum absolute atomic E-state index is 0.133. The van der Waals surface area contributed by atoms with E-state index in [2.05, 4.69) is 10.4 Å². The number of carbonyl (C=O) groups excluding carboxylic acids is 2. The van der Waals surface area contributed by atoms with Crippen LogP contribution < -0.4 is 15.8 Å². The number of rotatable bonds is 4. The summed E-state index contributed by atoms with van der Waals surface area (Å²) in [5.41, 5.74) is 6.00. The summed E-state index contributed by atoms with van der Waals surface area (Å²) in [7, 11) is 3.05. The van der Waals surface area contributed by atoms with Crippen molar-refractivity contribution < 1.29 is 14.3 Å². The molecule has 0 spiro atoms. The Kier molecular flexibility index (Phi) is 3.69. The number of aryl methyl sites for hydroxylation is 1. The van der Waals surface area contributed by atoms with Gasteiger partial charge in [-0.2, -0.15) is 5.10 Å². The van der Waals surface area contributed by atoms with Crippen molar-refractivity contribution in [3.63, 3.8) is 0 Å². The van der Waals surface area contributed by atoms with Crippen LogP contribution in [0.2, 0.25) is 0 Å². The Hall–Kier alpha value is -2.83. The second kappa shape index (κ2) is 5.43. The molecule has 2 rings (SSSR count). The fourth-order valence-corrected chi connectivity index (χ4v) is 1.84. The number of hydrogen-bond donors (Lipinski definition) is 2. The molecule has 104 valence electrons. The summed E-state index contributed by atoms with van der Waals surface area (Å²) in [5, 5.41) is 6.50. The summed E-state index contributed by atoms with van der Waals surface area (Å²) in [6.45, 7) is 0. The first-order valence-corrected chi connectivity index (χ1v) is 5.80. The number of hydrogen-bond acceptors (Lipinski definition) is 4. The van der Waals surface area contributed by atoms with Crippen LogP contribution in [0.5, 0.6) is 5.75 Å². The number of primary amides is 1. The van der Waals surface area contributed by atoms with Crippen LogP contribution in [0.25, 0.3) is 0 Å². The van der Waals surface area contributed by atoms with E-state index in [4.69, 9.17) is 10.5 Å². The topological polar surface area (TPSA) is 99.2 Å². The molecule has 2 amide bonds. The van der Waals surface area contributed by atoms with Crippen LogP contribution in [0.15, 0.2) is 30.5 Å². The van der Waals surface area contributed by atoms with Gasteiger partial charge < -0.3 is 15.8 Å². The first kappa shape index (κ1) is 13.6. The summed E-state index contributed by atoms with van der Waals surface area (Å²) in [5.74, 6) is -0.632. The summed E-state index contributed by atoms with van der Waals surface area (Å²) >= 11 is 0. The molecule has 0 aliphatic carbocycles. The van der Waals surface area contributed by atoms with Crippen LogP contribution in [-0.4, -0.2) is 28.7 Å². The van der Waals surface area contributed by atoms with Gasteiger partial charge in [-0.3, -0.25) is 14.3 Å². The third-order valence-electron chi connectivity index (χ3n) is 2.77. The van der Waals surface area contributed by atoms with E-state index in [9.17, 15) is 9.59 Å². The predicted molar refractivity (Wildman–Crippen MR) is 72.7 cm³/mol.